The van der Waals surface area contributed by atoms with Crippen LogP contribution in [0.3, 0.4) is 0 Å². The molecule has 0 aromatic heterocycles. The summed E-state index contributed by atoms with van der Waals surface area (Å²) in [5.74, 6) is -3.05. The maximum Gasteiger partial charge on any atom is 0.393 e. The minimum Gasteiger partial charge on any atom is -0.497 e. The standard InChI is InChI=1S/C13H16F3NO5S/c1-22-10-3-5-11(6-4-10)23(20,21)17-8-9(13(14,15)16)2-7-12(18)19/h3-6,9,17H,2,7-8H2,1H3,(H,18,19)/t9-/m1/s1. The number of benzene rings is 1. The van der Waals surface area contributed by atoms with Gasteiger partial charge in [-0.15, -0.1) is 0 Å². The quantitative estimate of drug-likeness (QED) is 0.744. The maximum absolute atomic E-state index is 12.8. The van der Waals surface area contributed by atoms with E-state index in [1.807, 2.05) is 4.72 Å². The Morgan fingerprint density at radius 3 is 2.30 bits per heavy atom. The summed E-state index contributed by atoms with van der Waals surface area (Å²) in [6.45, 7) is -0.925. The molecule has 0 aliphatic rings. The molecule has 0 fully saturated rings. The Morgan fingerprint density at radius 1 is 1.30 bits per heavy atom. The minimum atomic E-state index is -4.70. The number of rotatable bonds is 8. The first-order valence-electron chi connectivity index (χ1n) is 6.48. The van der Waals surface area contributed by atoms with Crippen LogP contribution in [0.15, 0.2) is 29.2 Å². The Morgan fingerprint density at radius 2 is 1.87 bits per heavy atom. The number of carbonyl (C=O) groups is 1. The van der Waals surface area contributed by atoms with Crippen LogP contribution in [0.5, 0.6) is 5.75 Å². The van der Waals surface area contributed by atoms with E-state index in [0.717, 1.165) is 0 Å². The van der Waals surface area contributed by atoms with Gasteiger partial charge in [0.05, 0.1) is 17.9 Å². The summed E-state index contributed by atoms with van der Waals surface area (Å²) < 4.78 is 69.1. The highest BCUT2D eigenvalue weighted by molar-refractivity contribution is 7.89. The molecule has 10 heteroatoms. The van der Waals surface area contributed by atoms with Crippen LogP contribution in [0.25, 0.3) is 0 Å². The highest BCUT2D eigenvalue weighted by Crippen LogP contribution is 2.29. The second kappa shape index (κ2) is 7.64. The zero-order chi connectivity index (χ0) is 17.7. The second-order valence-corrected chi connectivity index (χ2v) is 6.47. The van der Waals surface area contributed by atoms with Gasteiger partial charge in [0, 0.05) is 13.0 Å². The number of nitrogens with one attached hydrogen (secondary N) is 1. The fourth-order valence-electron chi connectivity index (χ4n) is 1.73. The lowest BCUT2D eigenvalue weighted by molar-refractivity contribution is -0.175. The Balaban J connectivity index is 2.79. The third-order valence-corrected chi connectivity index (χ3v) is 4.50. The van der Waals surface area contributed by atoms with Crippen molar-refractivity contribution in [2.24, 2.45) is 5.92 Å². The molecule has 2 N–H and O–H groups in total. The van der Waals surface area contributed by atoms with Crippen LogP contribution in [0.1, 0.15) is 12.8 Å². The van der Waals surface area contributed by atoms with Gasteiger partial charge in [-0.3, -0.25) is 4.79 Å². The molecule has 0 aliphatic heterocycles. The lowest BCUT2D eigenvalue weighted by Gasteiger charge is -2.20. The topological polar surface area (TPSA) is 92.7 Å². The lowest BCUT2D eigenvalue weighted by Crippen LogP contribution is -2.36. The summed E-state index contributed by atoms with van der Waals surface area (Å²) in [6.07, 6.45) is -6.10. The summed E-state index contributed by atoms with van der Waals surface area (Å²) in [5, 5.41) is 8.47. The van der Waals surface area contributed by atoms with Crippen LogP contribution in [-0.4, -0.2) is 39.3 Å². The van der Waals surface area contributed by atoms with Crippen molar-refractivity contribution in [2.75, 3.05) is 13.7 Å². The monoisotopic (exact) mass is 355 g/mol. The zero-order valence-corrected chi connectivity index (χ0v) is 12.9. The van der Waals surface area contributed by atoms with E-state index in [2.05, 4.69) is 0 Å². The van der Waals surface area contributed by atoms with Crippen LogP contribution >= 0.6 is 0 Å². The molecule has 130 valence electrons. The van der Waals surface area contributed by atoms with E-state index in [-0.39, 0.29) is 4.90 Å². The SMILES string of the molecule is COc1ccc(S(=O)(=O)NC[C@@H](CCC(=O)O)C(F)(F)F)cc1. The molecular weight excluding hydrogens is 339 g/mol. The summed E-state index contributed by atoms with van der Waals surface area (Å²) in [5.41, 5.74) is 0. The number of hydrogen-bond acceptors (Lipinski definition) is 4. The summed E-state index contributed by atoms with van der Waals surface area (Å²) in [6, 6.07) is 5.11. The van der Waals surface area contributed by atoms with E-state index in [1.54, 1.807) is 0 Å². The summed E-state index contributed by atoms with van der Waals surface area (Å²) >= 11 is 0. The van der Waals surface area contributed by atoms with E-state index in [0.29, 0.717) is 5.75 Å². The van der Waals surface area contributed by atoms with Crippen LogP contribution in [0.2, 0.25) is 0 Å². The Kier molecular flexibility index (Phi) is 6.39. The first kappa shape index (κ1) is 19.2. The van der Waals surface area contributed by atoms with E-state index in [9.17, 15) is 26.4 Å². The Labute approximate surface area is 131 Å². The van der Waals surface area contributed by atoms with E-state index >= 15 is 0 Å². The molecule has 6 nitrogen and oxygen atoms in total. The molecule has 0 radical (unpaired) electrons. The Bertz CT molecular complexity index is 628. The maximum atomic E-state index is 12.8. The molecule has 0 heterocycles. The van der Waals surface area contributed by atoms with Crippen LogP contribution in [0.4, 0.5) is 13.2 Å². The molecule has 0 amide bonds. The van der Waals surface area contributed by atoms with Crippen LogP contribution < -0.4 is 9.46 Å². The molecule has 0 unspecified atom stereocenters. The lowest BCUT2D eigenvalue weighted by atomic mass is 10.0. The van der Waals surface area contributed by atoms with Gasteiger partial charge in [-0.05, 0) is 30.7 Å². The number of alkyl halides is 3. The molecule has 0 saturated heterocycles. The normalized spacial score (nSPS) is 13.6. The van der Waals surface area contributed by atoms with Crippen molar-refractivity contribution in [3.63, 3.8) is 0 Å². The van der Waals surface area contributed by atoms with Crippen molar-refractivity contribution in [1.82, 2.24) is 4.72 Å². The molecule has 23 heavy (non-hydrogen) atoms. The van der Waals surface area contributed by atoms with Crippen LogP contribution in [0, 0.1) is 5.92 Å². The predicted octanol–water partition coefficient (Wildman–Crippen LogP) is 2.02. The fourth-order valence-corrected chi connectivity index (χ4v) is 2.81. The van der Waals surface area contributed by atoms with Gasteiger partial charge in [0.15, 0.2) is 0 Å². The molecule has 0 aliphatic carbocycles. The summed E-state index contributed by atoms with van der Waals surface area (Å²) in [7, 11) is -2.75. The predicted molar refractivity (Wildman–Crippen MR) is 74.6 cm³/mol. The molecular formula is C13H16F3NO5S. The van der Waals surface area contributed by atoms with Crippen molar-refractivity contribution in [3.05, 3.63) is 24.3 Å². The van der Waals surface area contributed by atoms with Gasteiger partial charge in [-0.1, -0.05) is 0 Å². The highest BCUT2D eigenvalue weighted by atomic mass is 32.2. The average molecular weight is 355 g/mol. The first-order valence-corrected chi connectivity index (χ1v) is 7.97. The van der Waals surface area contributed by atoms with Gasteiger partial charge >= 0.3 is 12.1 Å². The molecule has 1 rings (SSSR count). The number of methoxy groups -OCH3 is 1. The van der Waals surface area contributed by atoms with Gasteiger partial charge < -0.3 is 9.84 Å². The number of carboxylic acids is 1. The number of carboxylic acid groups (broad SMARTS) is 1. The number of sulfonamides is 1. The van der Waals surface area contributed by atoms with Gasteiger partial charge in [0.2, 0.25) is 10.0 Å². The van der Waals surface area contributed by atoms with Gasteiger partial charge in [-0.25, -0.2) is 13.1 Å². The molecule has 0 saturated carbocycles. The van der Waals surface area contributed by atoms with Crippen LogP contribution in [-0.2, 0) is 14.8 Å². The van der Waals surface area contributed by atoms with Crippen molar-refractivity contribution in [2.45, 2.75) is 23.9 Å². The van der Waals surface area contributed by atoms with Crippen molar-refractivity contribution >= 4 is 16.0 Å². The van der Waals surface area contributed by atoms with Gasteiger partial charge in [0.1, 0.15) is 5.75 Å². The third-order valence-electron chi connectivity index (χ3n) is 3.06. The Hall–Kier alpha value is -1.81. The smallest absolute Gasteiger partial charge is 0.393 e. The van der Waals surface area contributed by atoms with E-state index in [4.69, 9.17) is 9.84 Å². The largest absolute Gasteiger partial charge is 0.497 e. The number of halogens is 3. The van der Waals surface area contributed by atoms with E-state index in [1.165, 1.54) is 31.4 Å². The molecule has 1 atom stereocenters. The van der Waals surface area contributed by atoms with E-state index < -0.39 is 47.5 Å². The highest BCUT2D eigenvalue weighted by Gasteiger charge is 2.40. The molecule has 0 spiro atoms. The number of ether oxygens (including phenoxy) is 1. The molecule has 1 aromatic carbocycles. The molecule has 1 aromatic rings. The molecule has 0 bridgehead atoms. The minimum absolute atomic E-state index is 0.211. The van der Waals surface area contributed by atoms with Crippen molar-refractivity contribution in [1.29, 1.82) is 0 Å². The second-order valence-electron chi connectivity index (χ2n) is 4.70. The fraction of sp³-hybridized carbons (Fsp3) is 0.462. The third kappa shape index (κ3) is 6.06. The first-order chi connectivity index (χ1) is 10.6. The summed E-state index contributed by atoms with van der Waals surface area (Å²) in [4.78, 5) is 10.2. The van der Waals surface area contributed by atoms with Crippen molar-refractivity contribution in [3.8, 4) is 5.75 Å². The number of hydrogen-bond donors (Lipinski definition) is 2. The number of aliphatic carboxylic acids is 1. The zero-order valence-electron chi connectivity index (χ0n) is 12.1. The van der Waals surface area contributed by atoms with Gasteiger partial charge in [-0.2, -0.15) is 13.2 Å². The van der Waals surface area contributed by atoms with Crippen molar-refractivity contribution < 1.29 is 36.2 Å². The average Bonchev–Trinajstić information content (AvgIpc) is 2.45. The van der Waals surface area contributed by atoms with Gasteiger partial charge in [0.25, 0.3) is 0 Å².